The highest BCUT2D eigenvalue weighted by molar-refractivity contribution is 5.41. The number of rotatable bonds is 4. The van der Waals surface area contributed by atoms with Gasteiger partial charge in [-0.25, -0.2) is 9.67 Å². The van der Waals surface area contributed by atoms with Gasteiger partial charge in [-0.1, -0.05) is 12.1 Å². The van der Waals surface area contributed by atoms with Gasteiger partial charge in [-0.15, -0.1) is 0 Å². The average Bonchev–Trinajstić information content (AvgIpc) is 3.04. The van der Waals surface area contributed by atoms with Crippen LogP contribution in [0.3, 0.4) is 0 Å². The molecule has 5 nitrogen and oxygen atoms in total. The highest BCUT2D eigenvalue weighted by atomic mass is 16.3. The van der Waals surface area contributed by atoms with Gasteiger partial charge in [-0.2, -0.15) is 5.10 Å². The van der Waals surface area contributed by atoms with Gasteiger partial charge >= 0.3 is 0 Å². The minimum absolute atomic E-state index is 0.299. The van der Waals surface area contributed by atoms with Gasteiger partial charge in [-0.3, -0.25) is 4.90 Å². The summed E-state index contributed by atoms with van der Waals surface area (Å²) in [6.07, 6.45) is 5.58. The second kappa shape index (κ2) is 6.58. The molecule has 3 rings (SSSR count). The summed E-state index contributed by atoms with van der Waals surface area (Å²) in [5.74, 6) is 0.423. The van der Waals surface area contributed by atoms with E-state index in [0.717, 1.165) is 25.2 Å². The van der Waals surface area contributed by atoms with Gasteiger partial charge in [0.1, 0.15) is 12.7 Å². The van der Waals surface area contributed by atoms with E-state index >= 15 is 0 Å². The molecular formula is C17H24N4O. The first-order valence-corrected chi connectivity index (χ1v) is 7.97. The lowest BCUT2D eigenvalue weighted by molar-refractivity contribution is 0.0771. The van der Waals surface area contributed by atoms with Gasteiger partial charge in [0.25, 0.3) is 0 Å². The minimum Gasteiger partial charge on any atom is -0.396 e. The number of hydrogen-bond donors (Lipinski definition) is 1. The van der Waals surface area contributed by atoms with Gasteiger partial charge in [0.05, 0.1) is 5.69 Å². The molecule has 5 heteroatoms. The van der Waals surface area contributed by atoms with Crippen LogP contribution in [-0.4, -0.2) is 44.0 Å². The van der Waals surface area contributed by atoms with E-state index in [0.29, 0.717) is 18.6 Å². The van der Waals surface area contributed by atoms with Crippen LogP contribution < -0.4 is 0 Å². The van der Waals surface area contributed by atoms with E-state index in [1.54, 1.807) is 17.3 Å². The molecule has 0 spiro atoms. The molecule has 0 saturated carbocycles. The summed E-state index contributed by atoms with van der Waals surface area (Å²) >= 11 is 0. The second-order valence-electron chi connectivity index (χ2n) is 6.37. The Morgan fingerprint density at radius 2 is 2.18 bits per heavy atom. The Kier molecular flexibility index (Phi) is 4.55. The normalized spacial score (nSPS) is 22.9. The molecule has 2 heterocycles. The molecule has 0 aliphatic carbocycles. The molecule has 118 valence electrons. The third kappa shape index (κ3) is 3.20. The van der Waals surface area contributed by atoms with Crippen LogP contribution in [0, 0.1) is 12.8 Å². The van der Waals surface area contributed by atoms with Crippen molar-refractivity contribution < 1.29 is 5.11 Å². The number of nitrogens with zero attached hydrogens (tertiary/aromatic N) is 4. The number of hydrogen-bond acceptors (Lipinski definition) is 4. The fourth-order valence-electron chi connectivity index (χ4n) is 3.27. The van der Waals surface area contributed by atoms with E-state index in [1.807, 2.05) is 0 Å². The Bertz CT molecular complexity index is 611. The van der Waals surface area contributed by atoms with Crippen LogP contribution in [0.15, 0.2) is 30.9 Å². The van der Waals surface area contributed by atoms with Crippen LogP contribution in [0.2, 0.25) is 0 Å². The molecule has 2 unspecified atom stereocenters. The van der Waals surface area contributed by atoms with Crippen molar-refractivity contribution >= 4 is 0 Å². The molecule has 1 saturated heterocycles. The Balaban J connectivity index is 1.74. The van der Waals surface area contributed by atoms with Gasteiger partial charge < -0.3 is 5.11 Å². The van der Waals surface area contributed by atoms with Gasteiger partial charge in [0.15, 0.2) is 0 Å². The predicted octanol–water partition coefficient (Wildman–Crippen LogP) is 2.17. The number of aliphatic hydroxyl groups is 1. The Morgan fingerprint density at radius 1 is 1.32 bits per heavy atom. The van der Waals surface area contributed by atoms with Crippen molar-refractivity contribution in [2.24, 2.45) is 5.92 Å². The monoisotopic (exact) mass is 300 g/mol. The van der Waals surface area contributed by atoms with E-state index in [4.69, 9.17) is 0 Å². The first-order valence-electron chi connectivity index (χ1n) is 7.97. The van der Waals surface area contributed by atoms with Gasteiger partial charge in [-0.05, 0) is 49.8 Å². The van der Waals surface area contributed by atoms with Crippen molar-refractivity contribution in [3.63, 3.8) is 0 Å². The van der Waals surface area contributed by atoms with Crippen molar-refractivity contribution in [2.45, 2.75) is 39.3 Å². The maximum atomic E-state index is 9.41. The predicted molar refractivity (Wildman–Crippen MR) is 85.8 cm³/mol. The second-order valence-corrected chi connectivity index (χ2v) is 6.37. The van der Waals surface area contributed by atoms with E-state index < -0.39 is 0 Å². The van der Waals surface area contributed by atoms with E-state index in [-0.39, 0.29) is 0 Å². The van der Waals surface area contributed by atoms with Crippen LogP contribution in [0.1, 0.15) is 30.9 Å². The van der Waals surface area contributed by atoms with Crippen LogP contribution in [-0.2, 0) is 6.54 Å². The first-order chi connectivity index (χ1) is 10.7. The summed E-state index contributed by atoms with van der Waals surface area (Å²) in [6, 6.07) is 7.08. The van der Waals surface area contributed by atoms with Crippen molar-refractivity contribution in [2.75, 3.05) is 13.2 Å². The fraction of sp³-hybridized carbons (Fsp3) is 0.529. The number of benzene rings is 1. The molecule has 1 aliphatic heterocycles. The Morgan fingerprint density at radius 3 is 2.86 bits per heavy atom. The van der Waals surface area contributed by atoms with Crippen molar-refractivity contribution in [3.05, 3.63) is 42.0 Å². The molecule has 1 aromatic carbocycles. The van der Waals surface area contributed by atoms with E-state index in [2.05, 4.69) is 47.0 Å². The quantitative estimate of drug-likeness (QED) is 0.940. The smallest absolute Gasteiger partial charge is 0.138 e. The molecule has 1 N–H and O–H groups in total. The topological polar surface area (TPSA) is 54.2 Å². The van der Waals surface area contributed by atoms with Crippen LogP contribution in [0.4, 0.5) is 0 Å². The molecule has 22 heavy (non-hydrogen) atoms. The summed E-state index contributed by atoms with van der Waals surface area (Å²) in [7, 11) is 0. The summed E-state index contributed by atoms with van der Waals surface area (Å²) in [5, 5.41) is 13.6. The number of likely N-dealkylation sites (tertiary alicyclic amines) is 1. The lowest BCUT2D eigenvalue weighted by Gasteiger charge is -2.37. The van der Waals surface area contributed by atoms with Crippen LogP contribution in [0.25, 0.3) is 5.69 Å². The zero-order valence-corrected chi connectivity index (χ0v) is 13.3. The lowest BCUT2D eigenvalue weighted by Crippen LogP contribution is -2.42. The fourth-order valence-corrected chi connectivity index (χ4v) is 3.27. The number of aliphatic hydroxyl groups excluding tert-OH is 1. The maximum Gasteiger partial charge on any atom is 0.138 e. The highest BCUT2D eigenvalue weighted by Gasteiger charge is 2.24. The van der Waals surface area contributed by atoms with E-state index in [9.17, 15) is 5.11 Å². The van der Waals surface area contributed by atoms with Crippen molar-refractivity contribution in [3.8, 4) is 5.69 Å². The standard InChI is InChI=1S/C17H24N4O/c1-13-7-15(5-6-17(13)21-12-18-11-19-21)8-20-9-16(10-22)4-3-14(20)2/h5-7,11-12,14,16,22H,3-4,8-10H2,1-2H3. The molecule has 0 amide bonds. The first kappa shape index (κ1) is 15.2. The largest absolute Gasteiger partial charge is 0.396 e. The summed E-state index contributed by atoms with van der Waals surface area (Å²) in [6.45, 7) is 6.62. The lowest BCUT2D eigenvalue weighted by atomic mass is 9.93. The van der Waals surface area contributed by atoms with Crippen molar-refractivity contribution in [1.29, 1.82) is 0 Å². The number of aromatic nitrogens is 3. The van der Waals surface area contributed by atoms with Crippen molar-refractivity contribution in [1.82, 2.24) is 19.7 Å². The summed E-state index contributed by atoms with van der Waals surface area (Å²) in [5.41, 5.74) is 3.58. The third-order valence-electron chi connectivity index (χ3n) is 4.68. The third-order valence-corrected chi connectivity index (χ3v) is 4.68. The summed E-state index contributed by atoms with van der Waals surface area (Å²) in [4.78, 5) is 6.48. The van der Waals surface area contributed by atoms with Gasteiger partial charge in [0, 0.05) is 25.7 Å². The number of piperidine rings is 1. The number of aryl methyl sites for hydroxylation is 1. The Labute approximate surface area is 131 Å². The van der Waals surface area contributed by atoms with E-state index in [1.165, 1.54) is 17.5 Å². The van der Waals surface area contributed by atoms with Crippen LogP contribution in [0.5, 0.6) is 0 Å². The molecule has 1 aliphatic rings. The Hall–Kier alpha value is -1.72. The minimum atomic E-state index is 0.299. The molecular weight excluding hydrogens is 276 g/mol. The maximum absolute atomic E-state index is 9.41. The molecule has 2 aromatic rings. The van der Waals surface area contributed by atoms with Gasteiger partial charge in [0.2, 0.25) is 0 Å². The summed E-state index contributed by atoms with van der Waals surface area (Å²) < 4.78 is 1.80. The molecule has 1 fully saturated rings. The molecule has 0 bridgehead atoms. The molecule has 1 aromatic heterocycles. The zero-order valence-electron chi connectivity index (χ0n) is 13.3. The zero-order chi connectivity index (χ0) is 15.5. The molecule has 2 atom stereocenters. The van der Waals surface area contributed by atoms with Crippen LogP contribution >= 0.6 is 0 Å². The molecule has 0 radical (unpaired) electrons. The highest BCUT2D eigenvalue weighted by Crippen LogP contribution is 2.24. The average molecular weight is 300 g/mol. The SMILES string of the molecule is Cc1cc(CN2CC(CO)CCC2C)ccc1-n1cncn1.